The first kappa shape index (κ1) is 14.7. The van der Waals surface area contributed by atoms with Gasteiger partial charge in [0.1, 0.15) is 0 Å². The van der Waals surface area contributed by atoms with E-state index < -0.39 is 0 Å². The summed E-state index contributed by atoms with van der Waals surface area (Å²) in [7, 11) is 0. The highest BCUT2D eigenvalue weighted by Crippen LogP contribution is 2.34. The van der Waals surface area contributed by atoms with E-state index in [1.807, 2.05) is 0 Å². The SMILES string of the molecule is CC(C)CCC1(C)CN=C(N)N1C1CCCCCC1. The van der Waals surface area contributed by atoms with Gasteiger partial charge in [0.2, 0.25) is 0 Å². The topological polar surface area (TPSA) is 41.6 Å². The molecule has 0 aromatic carbocycles. The molecule has 0 radical (unpaired) electrons. The second-order valence-corrected chi connectivity index (χ2v) is 7.12. The van der Waals surface area contributed by atoms with Gasteiger partial charge in [-0.05, 0) is 38.5 Å². The molecule has 1 aliphatic carbocycles. The Morgan fingerprint density at radius 1 is 1.26 bits per heavy atom. The molecular formula is C16H31N3. The van der Waals surface area contributed by atoms with Gasteiger partial charge < -0.3 is 10.6 Å². The molecule has 1 saturated carbocycles. The Morgan fingerprint density at radius 3 is 2.47 bits per heavy atom. The monoisotopic (exact) mass is 265 g/mol. The molecule has 2 rings (SSSR count). The summed E-state index contributed by atoms with van der Waals surface area (Å²) < 4.78 is 0. The van der Waals surface area contributed by atoms with E-state index in [9.17, 15) is 0 Å². The molecule has 2 N–H and O–H groups in total. The molecule has 1 aliphatic heterocycles. The minimum atomic E-state index is 0.170. The first-order valence-corrected chi connectivity index (χ1v) is 8.12. The first-order chi connectivity index (χ1) is 9.03. The lowest BCUT2D eigenvalue weighted by Crippen LogP contribution is -2.54. The summed E-state index contributed by atoms with van der Waals surface area (Å²) in [5.41, 5.74) is 6.39. The molecule has 1 heterocycles. The minimum Gasteiger partial charge on any atom is -0.370 e. The fourth-order valence-electron chi connectivity index (χ4n) is 3.62. The molecule has 0 aromatic rings. The lowest BCUT2D eigenvalue weighted by Gasteiger charge is -2.42. The van der Waals surface area contributed by atoms with Gasteiger partial charge in [-0.1, -0.05) is 39.5 Å². The molecule has 3 heteroatoms. The van der Waals surface area contributed by atoms with E-state index in [4.69, 9.17) is 5.73 Å². The van der Waals surface area contributed by atoms with Crippen LogP contribution in [0.5, 0.6) is 0 Å². The highest BCUT2D eigenvalue weighted by Gasteiger charge is 2.41. The third-order valence-electron chi connectivity index (χ3n) is 4.86. The van der Waals surface area contributed by atoms with Crippen molar-refractivity contribution in [3.63, 3.8) is 0 Å². The van der Waals surface area contributed by atoms with Crippen LogP contribution in [-0.4, -0.2) is 29.0 Å². The fourth-order valence-corrected chi connectivity index (χ4v) is 3.62. The molecule has 19 heavy (non-hydrogen) atoms. The van der Waals surface area contributed by atoms with Gasteiger partial charge in [0.25, 0.3) is 0 Å². The van der Waals surface area contributed by atoms with Crippen molar-refractivity contribution >= 4 is 5.96 Å². The van der Waals surface area contributed by atoms with Gasteiger partial charge in [-0.15, -0.1) is 0 Å². The first-order valence-electron chi connectivity index (χ1n) is 8.12. The number of aliphatic imine (C=N–C) groups is 1. The van der Waals surface area contributed by atoms with Crippen LogP contribution in [-0.2, 0) is 0 Å². The van der Waals surface area contributed by atoms with E-state index in [1.165, 1.54) is 51.4 Å². The largest absolute Gasteiger partial charge is 0.370 e. The van der Waals surface area contributed by atoms with E-state index >= 15 is 0 Å². The molecule has 1 atom stereocenters. The van der Waals surface area contributed by atoms with Gasteiger partial charge in [-0.25, -0.2) is 0 Å². The van der Waals surface area contributed by atoms with Crippen molar-refractivity contribution < 1.29 is 0 Å². The maximum Gasteiger partial charge on any atom is 0.192 e. The van der Waals surface area contributed by atoms with Gasteiger partial charge in [0, 0.05) is 6.04 Å². The van der Waals surface area contributed by atoms with Gasteiger partial charge in [-0.2, -0.15) is 0 Å². The van der Waals surface area contributed by atoms with Crippen molar-refractivity contribution in [1.82, 2.24) is 4.90 Å². The normalized spacial score (nSPS) is 29.7. The number of nitrogens with zero attached hydrogens (tertiary/aromatic N) is 2. The molecular weight excluding hydrogens is 234 g/mol. The number of guanidine groups is 1. The maximum atomic E-state index is 6.22. The van der Waals surface area contributed by atoms with Crippen molar-refractivity contribution in [3.05, 3.63) is 0 Å². The minimum absolute atomic E-state index is 0.170. The Bertz CT molecular complexity index is 316. The van der Waals surface area contributed by atoms with Crippen LogP contribution < -0.4 is 5.73 Å². The van der Waals surface area contributed by atoms with Crippen LogP contribution in [0.4, 0.5) is 0 Å². The summed E-state index contributed by atoms with van der Waals surface area (Å²) in [5.74, 6) is 1.56. The van der Waals surface area contributed by atoms with E-state index in [1.54, 1.807) is 0 Å². The van der Waals surface area contributed by atoms with E-state index in [0.29, 0.717) is 6.04 Å². The van der Waals surface area contributed by atoms with Crippen molar-refractivity contribution in [2.24, 2.45) is 16.6 Å². The second-order valence-electron chi connectivity index (χ2n) is 7.12. The van der Waals surface area contributed by atoms with Crippen LogP contribution in [0.3, 0.4) is 0 Å². The van der Waals surface area contributed by atoms with Crippen LogP contribution in [0.2, 0.25) is 0 Å². The lowest BCUT2D eigenvalue weighted by molar-refractivity contribution is 0.136. The molecule has 0 saturated heterocycles. The molecule has 1 fully saturated rings. The molecule has 0 bridgehead atoms. The highest BCUT2D eigenvalue weighted by atomic mass is 15.4. The van der Waals surface area contributed by atoms with Gasteiger partial charge in [-0.3, -0.25) is 4.99 Å². The van der Waals surface area contributed by atoms with Crippen LogP contribution >= 0.6 is 0 Å². The molecule has 0 aromatic heterocycles. The Hall–Kier alpha value is -0.730. The summed E-state index contributed by atoms with van der Waals surface area (Å²) in [4.78, 5) is 7.06. The van der Waals surface area contributed by atoms with Gasteiger partial charge >= 0.3 is 0 Å². The number of rotatable bonds is 4. The molecule has 0 amide bonds. The average molecular weight is 265 g/mol. The van der Waals surface area contributed by atoms with Crippen LogP contribution in [0, 0.1) is 5.92 Å². The van der Waals surface area contributed by atoms with E-state index in [-0.39, 0.29) is 5.54 Å². The molecule has 2 aliphatic rings. The quantitative estimate of drug-likeness (QED) is 0.790. The Morgan fingerprint density at radius 2 is 1.89 bits per heavy atom. The zero-order valence-corrected chi connectivity index (χ0v) is 13.0. The average Bonchev–Trinajstić information content (AvgIpc) is 2.58. The van der Waals surface area contributed by atoms with Crippen LogP contribution in [0.15, 0.2) is 4.99 Å². The molecule has 0 spiro atoms. The fraction of sp³-hybridized carbons (Fsp3) is 0.938. The van der Waals surface area contributed by atoms with Crippen molar-refractivity contribution in [3.8, 4) is 0 Å². The molecule has 110 valence electrons. The van der Waals surface area contributed by atoms with Crippen molar-refractivity contribution in [2.75, 3.05) is 6.54 Å². The van der Waals surface area contributed by atoms with Crippen molar-refractivity contribution in [2.45, 2.75) is 83.7 Å². The number of nitrogens with two attached hydrogens (primary N) is 1. The Labute approximate surface area is 118 Å². The predicted molar refractivity (Wildman–Crippen MR) is 82.3 cm³/mol. The zero-order chi connectivity index (χ0) is 13.9. The third kappa shape index (κ3) is 3.43. The lowest BCUT2D eigenvalue weighted by atomic mass is 9.89. The molecule has 1 unspecified atom stereocenters. The summed E-state index contributed by atoms with van der Waals surface area (Å²) in [6.07, 6.45) is 10.6. The Kier molecular flexibility index (Phi) is 4.75. The molecule has 3 nitrogen and oxygen atoms in total. The third-order valence-corrected chi connectivity index (χ3v) is 4.86. The Balaban J connectivity index is 2.06. The second kappa shape index (κ2) is 6.15. The van der Waals surface area contributed by atoms with Crippen molar-refractivity contribution in [1.29, 1.82) is 0 Å². The number of hydrogen-bond acceptors (Lipinski definition) is 3. The van der Waals surface area contributed by atoms with Gasteiger partial charge in [0.15, 0.2) is 5.96 Å². The summed E-state index contributed by atoms with van der Waals surface area (Å²) in [6.45, 7) is 7.86. The standard InChI is InChI=1S/C16H31N3/c1-13(2)10-11-16(3)12-18-15(17)19(16)14-8-6-4-5-7-9-14/h13-14H,4-12H2,1-3H3,(H2,17,18). The number of hydrogen-bond donors (Lipinski definition) is 1. The predicted octanol–water partition coefficient (Wildman–Crippen LogP) is 3.53. The smallest absolute Gasteiger partial charge is 0.192 e. The van der Waals surface area contributed by atoms with Crippen LogP contribution in [0.25, 0.3) is 0 Å². The van der Waals surface area contributed by atoms with Crippen LogP contribution in [0.1, 0.15) is 72.1 Å². The van der Waals surface area contributed by atoms with E-state index in [2.05, 4.69) is 30.7 Å². The maximum absolute atomic E-state index is 6.22. The summed E-state index contributed by atoms with van der Waals surface area (Å²) >= 11 is 0. The van der Waals surface area contributed by atoms with E-state index in [0.717, 1.165) is 18.4 Å². The summed E-state index contributed by atoms with van der Waals surface area (Å²) in [6, 6.07) is 0.630. The summed E-state index contributed by atoms with van der Waals surface area (Å²) in [5, 5.41) is 0. The zero-order valence-electron chi connectivity index (χ0n) is 13.0. The van der Waals surface area contributed by atoms with Gasteiger partial charge in [0.05, 0.1) is 12.1 Å². The highest BCUT2D eigenvalue weighted by molar-refractivity contribution is 5.81.